The summed E-state index contributed by atoms with van der Waals surface area (Å²) in [5.74, 6) is 0. The molecule has 36 heavy (non-hydrogen) atoms. The summed E-state index contributed by atoms with van der Waals surface area (Å²) in [5, 5.41) is 6.95. The van der Waals surface area contributed by atoms with Gasteiger partial charge in [-0.3, -0.25) is 0 Å². The molecule has 0 aromatic heterocycles. The largest absolute Gasteiger partial charge is 0.362 e. The molecule has 0 saturated heterocycles. The Kier molecular flexibility index (Phi) is 7.50. The van der Waals surface area contributed by atoms with Crippen LogP contribution in [0.1, 0.15) is 16.7 Å². The standard InChI is InChI=1S/C33H29N3/c1-5-15-28(16-6-1)26-35(27-29-17-7-2-8-18-29)33-24-14-13-19-30(33)25-34-36(31-20-9-3-10-21-31)32-22-11-4-12-23-32/h1-25H,26-27H2. The van der Waals surface area contributed by atoms with E-state index in [0.717, 1.165) is 35.7 Å². The van der Waals surface area contributed by atoms with Gasteiger partial charge in [-0.05, 0) is 41.5 Å². The van der Waals surface area contributed by atoms with E-state index in [0.29, 0.717) is 0 Å². The van der Waals surface area contributed by atoms with Gasteiger partial charge in [0.2, 0.25) is 0 Å². The molecule has 0 fully saturated rings. The molecular weight excluding hydrogens is 438 g/mol. The van der Waals surface area contributed by atoms with Crippen LogP contribution in [0.5, 0.6) is 0 Å². The van der Waals surface area contributed by atoms with E-state index in [4.69, 9.17) is 5.10 Å². The highest BCUT2D eigenvalue weighted by Crippen LogP contribution is 2.27. The third-order valence-corrected chi connectivity index (χ3v) is 6.02. The molecule has 0 amide bonds. The zero-order valence-electron chi connectivity index (χ0n) is 20.2. The van der Waals surface area contributed by atoms with Gasteiger partial charge in [0.25, 0.3) is 0 Å². The van der Waals surface area contributed by atoms with Gasteiger partial charge in [0.05, 0.1) is 17.6 Å². The third kappa shape index (κ3) is 5.89. The average molecular weight is 468 g/mol. The summed E-state index contributed by atoms with van der Waals surface area (Å²) in [6.07, 6.45) is 1.97. The van der Waals surface area contributed by atoms with Crippen LogP contribution in [0.4, 0.5) is 17.1 Å². The van der Waals surface area contributed by atoms with E-state index in [1.165, 1.54) is 11.1 Å². The van der Waals surface area contributed by atoms with E-state index in [1.807, 2.05) is 47.6 Å². The third-order valence-electron chi connectivity index (χ3n) is 6.02. The van der Waals surface area contributed by atoms with E-state index in [2.05, 4.69) is 114 Å². The summed E-state index contributed by atoms with van der Waals surface area (Å²) < 4.78 is 0. The summed E-state index contributed by atoms with van der Waals surface area (Å²) in [5.41, 5.74) is 6.80. The molecule has 3 nitrogen and oxygen atoms in total. The number of anilines is 3. The molecule has 0 heterocycles. The molecule has 5 rings (SSSR count). The van der Waals surface area contributed by atoms with E-state index in [-0.39, 0.29) is 0 Å². The van der Waals surface area contributed by atoms with Crippen molar-refractivity contribution in [3.63, 3.8) is 0 Å². The molecule has 3 heteroatoms. The number of hydrogen-bond acceptors (Lipinski definition) is 3. The van der Waals surface area contributed by atoms with Crippen molar-refractivity contribution >= 4 is 23.3 Å². The zero-order chi connectivity index (χ0) is 24.4. The minimum Gasteiger partial charge on any atom is -0.362 e. The van der Waals surface area contributed by atoms with Crippen molar-refractivity contribution < 1.29 is 0 Å². The minimum absolute atomic E-state index is 0.807. The highest BCUT2D eigenvalue weighted by Gasteiger charge is 2.13. The minimum atomic E-state index is 0.807. The summed E-state index contributed by atoms with van der Waals surface area (Å²) in [6.45, 7) is 1.61. The van der Waals surface area contributed by atoms with Crippen LogP contribution < -0.4 is 9.91 Å². The lowest BCUT2D eigenvalue weighted by Gasteiger charge is -2.27. The van der Waals surface area contributed by atoms with Gasteiger partial charge in [-0.2, -0.15) is 5.10 Å². The lowest BCUT2D eigenvalue weighted by molar-refractivity contribution is 0.799. The second-order valence-corrected chi connectivity index (χ2v) is 8.61. The maximum Gasteiger partial charge on any atom is 0.0652 e. The van der Waals surface area contributed by atoms with Crippen LogP contribution in [0.25, 0.3) is 0 Å². The first kappa shape index (κ1) is 23.1. The fraction of sp³-hybridized carbons (Fsp3) is 0.0606. The number of benzene rings is 5. The summed E-state index contributed by atoms with van der Waals surface area (Å²) in [4.78, 5) is 2.42. The maximum absolute atomic E-state index is 4.97. The van der Waals surface area contributed by atoms with Gasteiger partial charge in [-0.15, -0.1) is 0 Å². The Labute approximate surface area is 213 Å². The molecule has 0 aliphatic heterocycles. The van der Waals surface area contributed by atoms with Crippen molar-refractivity contribution in [2.45, 2.75) is 13.1 Å². The highest BCUT2D eigenvalue weighted by molar-refractivity contribution is 5.89. The van der Waals surface area contributed by atoms with Crippen LogP contribution in [0.2, 0.25) is 0 Å². The first-order valence-electron chi connectivity index (χ1n) is 12.2. The number of para-hydroxylation sites is 3. The van der Waals surface area contributed by atoms with Gasteiger partial charge in [0, 0.05) is 24.3 Å². The molecule has 0 N–H and O–H groups in total. The maximum atomic E-state index is 4.97. The van der Waals surface area contributed by atoms with Crippen molar-refractivity contribution in [2.24, 2.45) is 5.10 Å². The molecule has 0 aliphatic rings. The van der Waals surface area contributed by atoms with Gasteiger partial charge >= 0.3 is 0 Å². The van der Waals surface area contributed by atoms with Crippen LogP contribution >= 0.6 is 0 Å². The van der Waals surface area contributed by atoms with Crippen LogP contribution in [-0.4, -0.2) is 6.21 Å². The van der Waals surface area contributed by atoms with Crippen molar-refractivity contribution in [1.82, 2.24) is 0 Å². The van der Waals surface area contributed by atoms with Crippen molar-refractivity contribution in [2.75, 3.05) is 9.91 Å². The van der Waals surface area contributed by atoms with Crippen LogP contribution in [-0.2, 0) is 13.1 Å². The molecule has 0 saturated carbocycles. The van der Waals surface area contributed by atoms with E-state index >= 15 is 0 Å². The van der Waals surface area contributed by atoms with Gasteiger partial charge in [-0.1, -0.05) is 115 Å². The Morgan fingerprint density at radius 1 is 0.472 bits per heavy atom. The Hall–Kier alpha value is -4.63. The fourth-order valence-corrected chi connectivity index (χ4v) is 4.26. The Bertz CT molecular complexity index is 1290. The summed E-state index contributed by atoms with van der Waals surface area (Å²) in [7, 11) is 0. The average Bonchev–Trinajstić information content (AvgIpc) is 2.95. The summed E-state index contributed by atoms with van der Waals surface area (Å²) >= 11 is 0. The van der Waals surface area contributed by atoms with Gasteiger partial charge in [-0.25, -0.2) is 5.01 Å². The lowest BCUT2D eigenvalue weighted by atomic mass is 10.1. The second-order valence-electron chi connectivity index (χ2n) is 8.61. The molecule has 5 aromatic carbocycles. The molecule has 0 unspecified atom stereocenters. The number of hydrogen-bond donors (Lipinski definition) is 0. The van der Waals surface area contributed by atoms with E-state index in [1.54, 1.807) is 0 Å². The molecule has 0 radical (unpaired) electrons. The first-order chi connectivity index (χ1) is 17.9. The lowest BCUT2D eigenvalue weighted by Crippen LogP contribution is -2.23. The van der Waals surface area contributed by atoms with Gasteiger partial charge in [0.15, 0.2) is 0 Å². The molecule has 0 aliphatic carbocycles. The van der Waals surface area contributed by atoms with Gasteiger partial charge in [0.1, 0.15) is 0 Å². The van der Waals surface area contributed by atoms with Crippen LogP contribution in [0, 0.1) is 0 Å². The van der Waals surface area contributed by atoms with Crippen molar-refractivity contribution in [1.29, 1.82) is 0 Å². The summed E-state index contributed by atoms with van der Waals surface area (Å²) in [6, 6.07) is 50.2. The van der Waals surface area contributed by atoms with Crippen LogP contribution in [0.15, 0.2) is 151 Å². The molecule has 5 aromatic rings. The topological polar surface area (TPSA) is 18.8 Å². The molecular formula is C33H29N3. The smallest absolute Gasteiger partial charge is 0.0652 e. The first-order valence-corrected chi connectivity index (χ1v) is 12.2. The molecule has 176 valence electrons. The molecule has 0 atom stereocenters. The predicted octanol–water partition coefficient (Wildman–Crippen LogP) is 8.07. The van der Waals surface area contributed by atoms with Crippen molar-refractivity contribution in [3.05, 3.63) is 162 Å². The van der Waals surface area contributed by atoms with Gasteiger partial charge < -0.3 is 4.90 Å². The molecule has 0 bridgehead atoms. The van der Waals surface area contributed by atoms with E-state index < -0.39 is 0 Å². The quantitative estimate of drug-likeness (QED) is 0.161. The number of nitrogens with zero attached hydrogens (tertiary/aromatic N) is 3. The number of rotatable bonds is 9. The predicted molar refractivity (Wildman–Crippen MR) is 152 cm³/mol. The fourth-order valence-electron chi connectivity index (χ4n) is 4.26. The second kappa shape index (κ2) is 11.7. The molecule has 0 spiro atoms. The zero-order valence-corrected chi connectivity index (χ0v) is 20.2. The number of hydrazone groups is 1. The Balaban J connectivity index is 1.51. The highest BCUT2D eigenvalue weighted by atomic mass is 15.5. The van der Waals surface area contributed by atoms with E-state index in [9.17, 15) is 0 Å². The monoisotopic (exact) mass is 467 g/mol. The van der Waals surface area contributed by atoms with Crippen molar-refractivity contribution in [3.8, 4) is 0 Å². The SMILES string of the molecule is C(=NN(c1ccccc1)c1ccccc1)c1ccccc1N(Cc1ccccc1)Cc1ccccc1. The Morgan fingerprint density at radius 3 is 1.39 bits per heavy atom. The normalized spacial score (nSPS) is 10.9. The van der Waals surface area contributed by atoms with Crippen LogP contribution in [0.3, 0.4) is 0 Å². The Morgan fingerprint density at radius 2 is 0.889 bits per heavy atom.